The van der Waals surface area contributed by atoms with Gasteiger partial charge in [0.25, 0.3) is 0 Å². The molecule has 3 aromatic rings. The number of rotatable bonds is 2. The molecule has 2 aromatic heterocycles. The number of fused-ring (bicyclic) bond motifs is 3. The van der Waals surface area contributed by atoms with E-state index in [-0.39, 0.29) is 0 Å². The minimum absolute atomic E-state index is 0.788. The van der Waals surface area contributed by atoms with E-state index in [0.717, 1.165) is 6.54 Å². The summed E-state index contributed by atoms with van der Waals surface area (Å²) in [5.74, 6) is 0. The molecule has 1 aromatic carbocycles. The molecular weight excluding hydrogens is 236 g/mol. The molecule has 19 heavy (non-hydrogen) atoms. The van der Waals surface area contributed by atoms with Gasteiger partial charge < -0.3 is 4.98 Å². The van der Waals surface area contributed by atoms with E-state index in [1.807, 2.05) is 4.68 Å². The molecule has 0 spiro atoms. The van der Waals surface area contributed by atoms with Crippen molar-refractivity contribution in [2.45, 2.75) is 32.2 Å². The van der Waals surface area contributed by atoms with Crippen LogP contribution < -0.4 is 0 Å². The predicted octanol–water partition coefficient (Wildman–Crippen LogP) is 2.69. The highest BCUT2D eigenvalue weighted by Crippen LogP contribution is 2.29. The molecule has 1 aliphatic carbocycles. The van der Waals surface area contributed by atoms with Crippen LogP contribution in [-0.4, -0.2) is 19.7 Å². The molecule has 1 N–H and O–H groups in total. The summed E-state index contributed by atoms with van der Waals surface area (Å²) in [6.07, 6.45) is 8.37. The van der Waals surface area contributed by atoms with Crippen LogP contribution in [-0.2, 0) is 19.4 Å². The van der Waals surface area contributed by atoms with Crippen molar-refractivity contribution < 1.29 is 0 Å². The number of aromatic amines is 1. The molecule has 0 saturated carbocycles. The van der Waals surface area contributed by atoms with Crippen molar-refractivity contribution in [3.05, 3.63) is 47.7 Å². The lowest BCUT2D eigenvalue weighted by Gasteiger charge is -2.10. The van der Waals surface area contributed by atoms with Gasteiger partial charge >= 0.3 is 0 Å². The Balaban J connectivity index is 1.77. The quantitative estimate of drug-likeness (QED) is 0.762. The van der Waals surface area contributed by atoms with Crippen molar-refractivity contribution in [3.63, 3.8) is 0 Å². The summed E-state index contributed by atoms with van der Waals surface area (Å²) in [5.41, 5.74) is 5.53. The SMILES string of the molecule is c1ncn(Cc2ccc3[nH]c4c(c3c2)CCCC4)n1. The molecular formula is C15H16N4. The maximum absolute atomic E-state index is 4.16. The fourth-order valence-corrected chi connectivity index (χ4v) is 3.05. The van der Waals surface area contributed by atoms with Crippen LogP contribution in [0.2, 0.25) is 0 Å². The number of hydrogen-bond acceptors (Lipinski definition) is 2. The van der Waals surface area contributed by atoms with E-state index >= 15 is 0 Å². The van der Waals surface area contributed by atoms with Crippen molar-refractivity contribution in [2.75, 3.05) is 0 Å². The second-order valence-electron chi connectivity index (χ2n) is 5.26. The number of hydrogen-bond donors (Lipinski definition) is 1. The number of aromatic nitrogens is 4. The Morgan fingerprint density at radius 1 is 1.21 bits per heavy atom. The third-order valence-corrected chi connectivity index (χ3v) is 3.97. The zero-order chi connectivity index (χ0) is 12.7. The van der Waals surface area contributed by atoms with E-state index < -0.39 is 0 Å². The lowest BCUT2D eigenvalue weighted by molar-refractivity contribution is 0.679. The van der Waals surface area contributed by atoms with Crippen molar-refractivity contribution in [2.24, 2.45) is 0 Å². The molecule has 0 saturated heterocycles. The van der Waals surface area contributed by atoms with Gasteiger partial charge in [-0.3, -0.25) is 0 Å². The van der Waals surface area contributed by atoms with Crippen LogP contribution in [0.25, 0.3) is 10.9 Å². The van der Waals surface area contributed by atoms with Gasteiger partial charge in [0.1, 0.15) is 12.7 Å². The van der Waals surface area contributed by atoms with E-state index in [1.54, 1.807) is 12.7 Å². The number of nitrogens with zero attached hydrogens (tertiary/aromatic N) is 3. The van der Waals surface area contributed by atoms with Crippen LogP contribution in [0.4, 0.5) is 0 Å². The summed E-state index contributed by atoms with van der Waals surface area (Å²) in [6.45, 7) is 0.788. The predicted molar refractivity (Wildman–Crippen MR) is 74.1 cm³/mol. The number of nitrogens with one attached hydrogen (secondary N) is 1. The minimum Gasteiger partial charge on any atom is -0.358 e. The maximum atomic E-state index is 4.16. The Morgan fingerprint density at radius 2 is 2.16 bits per heavy atom. The second-order valence-corrected chi connectivity index (χ2v) is 5.26. The van der Waals surface area contributed by atoms with Crippen LogP contribution in [0, 0.1) is 0 Å². The molecule has 4 heteroatoms. The van der Waals surface area contributed by atoms with Crippen LogP contribution >= 0.6 is 0 Å². The highest BCUT2D eigenvalue weighted by molar-refractivity contribution is 5.85. The Kier molecular flexibility index (Phi) is 2.40. The van der Waals surface area contributed by atoms with E-state index in [1.165, 1.54) is 53.4 Å². The second kappa shape index (κ2) is 4.23. The summed E-state index contributed by atoms with van der Waals surface area (Å²) < 4.78 is 1.86. The van der Waals surface area contributed by atoms with E-state index in [4.69, 9.17) is 0 Å². The van der Waals surface area contributed by atoms with Crippen LogP contribution in [0.15, 0.2) is 30.9 Å². The number of aryl methyl sites for hydroxylation is 2. The van der Waals surface area contributed by atoms with Crippen LogP contribution in [0.3, 0.4) is 0 Å². The van der Waals surface area contributed by atoms with Crippen molar-refractivity contribution in [3.8, 4) is 0 Å². The maximum Gasteiger partial charge on any atom is 0.137 e. The average molecular weight is 252 g/mol. The molecule has 0 atom stereocenters. The van der Waals surface area contributed by atoms with Crippen molar-refractivity contribution >= 4 is 10.9 Å². The molecule has 1 aliphatic rings. The highest BCUT2D eigenvalue weighted by atomic mass is 15.3. The van der Waals surface area contributed by atoms with E-state index in [0.29, 0.717) is 0 Å². The third kappa shape index (κ3) is 1.84. The van der Waals surface area contributed by atoms with E-state index in [9.17, 15) is 0 Å². The first-order valence-corrected chi connectivity index (χ1v) is 6.85. The first kappa shape index (κ1) is 10.8. The molecule has 0 amide bonds. The van der Waals surface area contributed by atoms with Gasteiger partial charge in [0.2, 0.25) is 0 Å². The fraction of sp³-hybridized carbons (Fsp3) is 0.333. The van der Waals surface area contributed by atoms with Crippen LogP contribution in [0.5, 0.6) is 0 Å². The summed E-state index contributed by atoms with van der Waals surface area (Å²) in [5, 5.41) is 5.56. The number of benzene rings is 1. The molecule has 0 radical (unpaired) electrons. The third-order valence-electron chi connectivity index (χ3n) is 3.97. The summed E-state index contributed by atoms with van der Waals surface area (Å²) in [7, 11) is 0. The molecule has 4 nitrogen and oxygen atoms in total. The average Bonchev–Trinajstić information content (AvgIpc) is 3.06. The first-order valence-electron chi connectivity index (χ1n) is 6.85. The van der Waals surface area contributed by atoms with Crippen molar-refractivity contribution in [1.82, 2.24) is 19.7 Å². The molecule has 96 valence electrons. The molecule has 4 rings (SSSR count). The topological polar surface area (TPSA) is 46.5 Å². The zero-order valence-corrected chi connectivity index (χ0v) is 10.8. The summed E-state index contributed by atoms with van der Waals surface area (Å²) in [4.78, 5) is 7.55. The number of H-pyrrole nitrogens is 1. The first-order chi connectivity index (χ1) is 9.40. The standard InChI is InChI=1S/C15H16N4/c1-2-4-14-12(3-1)13-7-11(5-6-15(13)18-14)8-19-10-16-9-17-19/h5-7,9-10,18H,1-4,8H2. The molecule has 0 aliphatic heterocycles. The van der Waals surface area contributed by atoms with Gasteiger partial charge in [-0.25, -0.2) is 9.67 Å². The highest BCUT2D eigenvalue weighted by Gasteiger charge is 2.15. The molecule has 2 heterocycles. The van der Waals surface area contributed by atoms with Gasteiger partial charge in [0.05, 0.1) is 6.54 Å². The molecule has 0 unspecified atom stereocenters. The Hall–Kier alpha value is -2.10. The lowest BCUT2D eigenvalue weighted by atomic mass is 9.95. The Morgan fingerprint density at radius 3 is 3.05 bits per heavy atom. The summed E-state index contributed by atoms with van der Waals surface area (Å²) >= 11 is 0. The molecule has 0 bridgehead atoms. The van der Waals surface area contributed by atoms with Crippen LogP contribution in [0.1, 0.15) is 29.7 Å². The smallest absolute Gasteiger partial charge is 0.137 e. The van der Waals surface area contributed by atoms with Gasteiger partial charge in [-0.05, 0) is 48.9 Å². The lowest BCUT2D eigenvalue weighted by Crippen LogP contribution is -2.01. The van der Waals surface area contributed by atoms with E-state index in [2.05, 4.69) is 33.3 Å². The molecule has 0 fully saturated rings. The normalized spacial score (nSPS) is 14.7. The zero-order valence-electron chi connectivity index (χ0n) is 10.8. The summed E-state index contributed by atoms with van der Waals surface area (Å²) in [6, 6.07) is 6.67. The Bertz CT molecular complexity index is 709. The Labute approximate surface area is 111 Å². The largest absolute Gasteiger partial charge is 0.358 e. The van der Waals surface area contributed by atoms with Gasteiger partial charge in [-0.1, -0.05) is 6.07 Å². The fourth-order valence-electron chi connectivity index (χ4n) is 3.05. The van der Waals surface area contributed by atoms with Gasteiger partial charge in [0, 0.05) is 16.6 Å². The van der Waals surface area contributed by atoms with Crippen molar-refractivity contribution in [1.29, 1.82) is 0 Å². The monoisotopic (exact) mass is 252 g/mol. The minimum atomic E-state index is 0.788. The van der Waals surface area contributed by atoms with Gasteiger partial charge in [-0.15, -0.1) is 0 Å². The van der Waals surface area contributed by atoms with Gasteiger partial charge in [-0.2, -0.15) is 5.10 Å². The van der Waals surface area contributed by atoms with Gasteiger partial charge in [0.15, 0.2) is 0 Å².